The second-order valence-corrected chi connectivity index (χ2v) is 7.01. The average molecular weight is 369 g/mol. The fourth-order valence-electron chi connectivity index (χ4n) is 2.08. The van der Waals surface area contributed by atoms with Crippen LogP contribution in [0.3, 0.4) is 0 Å². The zero-order valence-corrected chi connectivity index (χ0v) is 13.1. The Kier molecular flexibility index (Phi) is 3.54. The molecule has 2 aromatic rings. The molecule has 0 unspecified atom stereocenters. The van der Waals surface area contributed by atoms with Crippen LogP contribution in [0.1, 0.15) is 11.1 Å². The third-order valence-electron chi connectivity index (χ3n) is 3.08. The zero-order chi connectivity index (χ0) is 15.0. The monoisotopic (exact) mass is 368 g/mol. The minimum Gasteiger partial charge on any atom is -0.263 e. The predicted octanol–water partition coefficient (Wildman–Crippen LogP) is 2.83. The minimum absolute atomic E-state index is 0.171. The molecule has 0 atom stereocenters. The van der Waals surface area contributed by atoms with E-state index < -0.39 is 10.0 Å². The number of rotatable bonds is 2. The van der Waals surface area contributed by atoms with Crippen LogP contribution in [0, 0.1) is 5.82 Å². The highest BCUT2D eigenvalue weighted by Crippen LogP contribution is 2.24. The van der Waals surface area contributed by atoms with Crippen molar-refractivity contribution in [1.29, 1.82) is 0 Å². The maximum Gasteiger partial charge on any atom is 0.263 e. The zero-order valence-electron chi connectivity index (χ0n) is 10.7. The highest BCUT2D eigenvalue weighted by Gasteiger charge is 2.29. The van der Waals surface area contributed by atoms with Crippen molar-refractivity contribution in [2.45, 2.75) is 11.4 Å². The van der Waals surface area contributed by atoms with Crippen molar-refractivity contribution in [2.75, 3.05) is 0 Å². The van der Waals surface area contributed by atoms with Gasteiger partial charge in [0.1, 0.15) is 11.7 Å². The van der Waals surface area contributed by atoms with Gasteiger partial charge in [0, 0.05) is 10.0 Å². The fourth-order valence-corrected chi connectivity index (χ4v) is 3.70. The van der Waals surface area contributed by atoms with E-state index in [9.17, 15) is 12.8 Å². The summed E-state index contributed by atoms with van der Waals surface area (Å²) in [6.07, 6.45) is 0. The second kappa shape index (κ2) is 5.23. The van der Waals surface area contributed by atoms with Gasteiger partial charge in [0.05, 0.1) is 11.4 Å². The Labute approximate surface area is 129 Å². The molecule has 7 heteroatoms. The summed E-state index contributed by atoms with van der Waals surface area (Å²) in [6, 6.07) is 10.9. The van der Waals surface area contributed by atoms with Gasteiger partial charge in [-0.3, -0.25) is 9.71 Å². The van der Waals surface area contributed by atoms with Crippen LogP contribution in [-0.4, -0.2) is 14.3 Å². The SMILES string of the molecule is O=S1(=O)NC(=NCc2cc(F)ccc2Br)c2ccccc21. The summed E-state index contributed by atoms with van der Waals surface area (Å²) in [6.45, 7) is 0.171. The second-order valence-electron chi connectivity index (χ2n) is 4.50. The standard InChI is InChI=1S/C14H10BrFN2O2S/c15-12-6-5-10(16)7-9(12)8-17-14-11-3-1-2-4-13(11)21(19,20)18-14/h1-7H,8H2,(H,17,18). The molecule has 1 heterocycles. The van der Waals surface area contributed by atoms with E-state index in [1.807, 2.05) is 0 Å². The van der Waals surface area contributed by atoms with E-state index >= 15 is 0 Å². The molecule has 0 aromatic heterocycles. The maximum absolute atomic E-state index is 13.2. The quantitative estimate of drug-likeness (QED) is 0.885. The van der Waals surface area contributed by atoms with Gasteiger partial charge in [-0.1, -0.05) is 28.1 Å². The van der Waals surface area contributed by atoms with Gasteiger partial charge in [-0.15, -0.1) is 0 Å². The van der Waals surface area contributed by atoms with Crippen LogP contribution in [0.25, 0.3) is 0 Å². The third-order valence-corrected chi connectivity index (χ3v) is 5.25. The summed E-state index contributed by atoms with van der Waals surface area (Å²) in [5.74, 6) is -0.0810. The average Bonchev–Trinajstić information content (AvgIpc) is 2.72. The lowest BCUT2D eigenvalue weighted by atomic mass is 10.2. The largest absolute Gasteiger partial charge is 0.263 e. The highest BCUT2D eigenvalue weighted by molar-refractivity contribution is 9.10. The molecule has 0 radical (unpaired) electrons. The van der Waals surface area contributed by atoms with Crippen LogP contribution in [0.15, 0.2) is 56.8 Å². The maximum atomic E-state index is 13.2. The summed E-state index contributed by atoms with van der Waals surface area (Å²) >= 11 is 3.32. The first kappa shape index (κ1) is 14.2. The number of halogens is 2. The third kappa shape index (κ3) is 2.71. The van der Waals surface area contributed by atoms with Gasteiger partial charge < -0.3 is 0 Å². The van der Waals surface area contributed by atoms with Gasteiger partial charge in [-0.25, -0.2) is 12.8 Å². The molecule has 0 bridgehead atoms. The number of aliphatic imine (C=N–C) groups is 1. The smallest absolute Gasteiger partial charge is 0.263 e. The Morgan fingerprint density at radius 2 is 1.95 bits per heavy atom. The number of nitrogens with zero attached hydrogens (tertiary/aromatic N) is 1. The Bertz CT molecular complexity index is 850. The van der Waals surface area contributed by atoms with E-state index in [1.165, 1.54) is 18.2 Å². The molecule has 1 aliphatic rings. The first-order valence-electron chi connectivity index (χ1n) is 6.08. The van der Waals surface area contributed by atoms with Gasteiger partial charge in [0.25, 0.3) is 10.0 Å². The number of hydrogen-bond acceptors (Lipinski definition) is 3. The number of fused-ring (bicyclic) bond motifs is 1. The Morgan fingerprint density at radius 1 is 1.19 bits per heavy atom. The fraction of sp³-hybridized carbons (Fsp3) is 0.0714. The number of amidine groups is 1. The van der Waals surface area contributed by atoms with Crippen molar-refractivity contribution in [2.24, 2.45) is 4.99 Å². The van der Waals surface area contributed by atoms with E-state index in [-0.39, 0.29) is 23.1 Å². The molecule has 1 N–H and O–H groups in total. The molecule has 0 spiro atoms. The summed E-state index contributed by atoms with van der Waals surface area (Å²) < 4.78 is 40.2. The van der Waals surface area contributed by atoms with Gasteiger partial charge in [0.2, 0.25) is 0 Å². The van der Waals surface area contributed by atoms with Crippen molar-refractivity contribution in [3.05, 3.63) is 63.9 Å². The number of nitrogens with one attached hydrogen (secondary N) is 1. The predicted molar refractivity (Wildman–Crippen MR) is 81.1 cm³/mol. The summed E-state index contributed by atoms with van der Waals surface area (Å²) in [7, 11) is -3.54. The van der Waals surface area contributed by atoms with Crippen molar-refractivity contribution in [1.82, 2.24) is 4.72 Å². The lowest BCUT2D eigenvalue weighted by Crippen LogP contribution is -2.22. The number of benzene rings is 2. The molecular weight excluding hydrogens is 359 g/mol. The van der Waals surface area contributed by atoms with E-state index in [4.69, 9.17) is 0 Å². The molecule has 108 valence electrons. The first-order chi connectivity index (χ1) is 9.97. The molecule has 0 saturated heterocycles. The molecule has 0 aliphatic carbocycles. The number of sulfonamides is 1. The molecule has 0 saturated carbocycles. The van der Waals surface area contributed by atoms with E-state index in [0.717, 1.165) is 4.47 Å². The van der Waals surface area contributed by atoms with Crippen LogP contribution in [0.5, 0.6) is 0 Å². The number of hydrogen-bond donors (Lipinski definition) is 1. The van der Waals surface area contributed by atoms with Gasteiger partial charge in [0.15, 0.2) is 0 Å². The van der Waals surface area contributed by atoms with E-state index in [2.05, 4.69) is 25.6 Å². The Hall–Kier alpha value is -1.73. The summed E-state index contributed by atoms with van der Waals surface area (Å²) in [5.41, 5.74) is 1.18. The first-order valence-corrected chi connectivity index (χ1v) is 8.35. The topological polar surface area (TPSA) is 58.5 Å². The van der Waals surface area contributed by atoms with Crippen molar-refractivity contribution in [3.63, 3.8) is 0 Å². The lowest BCUT2D eigenvalue weighted by Gasteiger charge is -2.03. The normalized spacial score (nSPS) is 17.5. The van der Waals surface area contributed by atoms with Crippen LogP contribution in [0.4, 0.5) is 4.39 Å². The molecule has 3 rings (SSSR count). The van der Waals surface area contributed by atoms with Gasteiger partial charge >= 0.3 is 0 Å². The van der Waals surface area contributed by atoms with Crippen LogP contribution >= 0.6 is 15.9 Å². The highest BCUT2D eigenvalue weighted by atomic mass is 79.9. The molecule has 2 aromatic carbocycles. The minimum atomic E-state index is -3.54. The summed E-state index contributed by atoms with van der Waals surface area (Å²) in [4.78, 5) is 4.47. The molecule has 1 aliphatic heterocycles. The Balaban J connectivity index is 1.97. The van der Waals surface area contributed by atoms with Crippen LogP contribution in [0.2, 0.25) is 0 Å². The van der Waals surface area contributed by atoms with Gasteiger partial charge in [-0.2, -0.15) is 0 Å². The van der Waals surface area contributed by atoms with Crippen LogP contribution in [-0.2, 0) is 16.6 Å². The van der Waals surface area contributed by atoms with Gasteiger partial charge in [-0.05, 0) is 35.9 Å². The molecule has 21 heavy (non-hydrogen) atoms. The molecule has 4 nitrogen and oxygen atoms in total. The van der Waals surface area contributed by atoms with Crippen LogP contribution < -0.4 is 4.72 Å². The van der Waals surface area contributed by atoms with E-state index in [1.54, 1.807) is 24.3 Å². The molecular formula is C14H10BrFN2O2S. The summed E-state index contributed by atoms with van der Waals surface area (Å²) in [5, 5.41) is 0. The molecule has 0 amide bonds. The van der Waals surface area contributed by atoms with Crippen molar-refractivity contribution >= 4 is 31.8 Å². The Morgan fingerprint density at radius 3 is 2.76 bits per heavy atom. The van der Waals surface area contributed by atoms with Crippen molar-refractivity contribution in [3.8, 4) is 0 Å². The van der Waals surface area contributed by atoms with Crippen molar-refractivity contribution < 1.29 is 12.8 Å². The van der Waals surface area contributed by atoms with E-state index in [0.29, 0.717) is 11.1 Å². The molecule has 0 fully saturated rings. The lowest BCUT2D eigenvalue weighted by molar-refractivity contribution is 0.595.